The topological polar surface area (TPSA) is 77.0 Å². The van der Waals surface area contributed by atoms with Crippen molar-refractivity contribution in [1.29, 1.82) is 0 Å². The summed E-state index contributed by atoms with van der Waals surface area (Å²) < 4.78 is 0. The summed E-state index contributed by atoms with van der Waals surface area (Å²) in [7, 11) is 0. The van der Waals surface area contributed by atoms with Gasteiger partial charge in [-0.05, 0) is 45.2 Å². The summed E-state index contributed by atoms with van der Waals surface area (Å²) in [6.07, 6.45) is 13.3. The Labute approximate surface area is 297 Å². The first-order valence-corrected chi connectivity index (χ1v) is 17.1. The molecule has 0 unspecified atom stereocenters. The standard InChI is InChI=1S/C46H35N5/c47-40(33-20-10-4-11-21-33)30-41(48-31-32-18-6-3-7-19-32)42-38-28-16-14-26-36(38)37-27-15-17-29-39(37)43(42)46-50-44(34-22-8-1-2-9-23-34)49-45(51-46)35-24-12-5-13-25-35/h1,3-30H,2,31,47H2/b40-30-,48-41+. The molecule has 0 radical (unpaired) electrons. The number of nitrogens with zero attached hydrogens (tertiary/aromatic N) is 4. The number of benzene rings is 6. The van der Waals surface area contributed by atoms with E-state index in [-0.39, 0.29) is 0 Å². The molecule has 1 aliphatic rings. The van der Waals surface area contributed by atoms with E-state index in [1.165, 1.54) is 0 Å². The van der Waals surface area contributed by atoms with Crippen LogP contribution in [0.25, 0.3) is 55.6 Å². The first-order valence-electron chi connectivity index (χ1n) is 17.1. The maximum Gasteiger partial charge on any atom is 0.165 e. The van der Waals surface area contributed by atoms with E-state index in [0.717, 1.165) is 67.1 Å². The highest BCUT2D eigenvalue weighted by atomic mass is 15.0. The predicted octanol–water partition coefficient (Wildman–Crippen LogP) is 10.4. The van der Waals surface area contributed by atoms with Gasteiger partial charge in [-0.2, -0.15) is 0 Å². The second kappa shape index (κ2) is 14.4. The van der Waals surface area contributed by atoms with Crippen molar-refractivity contribution in [2.45, 2.75) is 13.0 Å². The van der Waals surface area contributed by atoms with Crippen LogP contribution in [-0.4, -0.2) is 20.7 Å². The molecule has 0 spiro atoms. The van der Waals surface area contributed by atoms with Crippen molar-refractivity contribution in [3.63, 3.8) is 0 Å². The molecule has 1 aliphatic carbocycles. The van der Waals surface area contributed by atoms with Crippen LogP contribution in [0, 0.1) is 0 Å². The second-order valence-corrected chi connectivity index (χ2v) is 12.4. The smallest absolute Gasteiger partial charge is 0.165 e. The zero-order valence-corrected chi connectivity index (χ0v) is 28.0. The van der Waals surface area contributed by atoms with Crippen molar-refractivity contribution in [2.24, 2.45) is 10.7 Å². The van der Waals surface area contributed by atoms with Crippen LogP contribution in [-0.2, 0) is 6.54 Å². The number of aromatic nitrogens is 3. The van der Waals surface area contributed by atoms with Crippen molar-refractivity contribution in [2.75, 3.05) is 0 Å². The molecule has 5 nitrogen and oxygen atoms in total. The Hall–Kier alpha value is -6.72. The summed E-state index contributed by atoms with van der Waals surface area (Å²) >= 11 is 0. The lowest BCUT2D eigenvalue weighted by Gasteiger charge is -2.19. The molecule has 1 heterocycles. The molecule has 0 saturated carbocycles. The van der Waals surface area contributed by atoms with Crippen molar-refractivity contribution in [3.05, 3.63) is 198 Å². The minimum Gasteiger partial charge on any atom is -0.398 e. The maximum atomic E-state index is 6.90. The molecule has 1 aromatic heterocycles. The Morgan fingerprint density at radius 2 is 1.20 bits per heavy atom. The highest BCUT2D eigenvalue weighted by Gasteiger charge is 2.23. The summed E-state index contributed by atoms with van der Waals surface area (Å²) in [6, 6.07) is 47.4. The summed E-state index contributed by atoms with van der Waals surface area (Å²) in [5.74, 6) is 1.77. The Morgan fingerprint density at radius 1 is 0.608 bits per heavy atom. The number of nitrogens with two attached hydrogens (primary N) is 1. The van der Waals surface area contributed by atoms with Crippen molar-refractivity contribution in [3.8, 4) is 22.8 Å². The van der Waals surface area contributed by atoms with Crippen LogP contribution >= 0.6 is 0 Å². The monoisotopic (exact) mass is 657 g/mol. The van der Waals surface area contributed by atoms with E-state index in [2.05, 4.69) is 91.0 Å². The molecule has 0 bridgehead atoms. The van der Waals surface area contributed by atoms with Crippen LogP contribution < -0.4 is 5.73 Å². The minimum atomic E-state index is 0.469. The maximum absolute atomic E-state index is 6.90. The summed E-state index contributed by atoms with van der Waals surface area (Å²) in [4.78, 5) is 20.9. The zero-order valence-electron chi connectivity index (χ0n) is 28.0. The number of allylic oxidation sites excluding steroid dienone is 7. The second-order valence-electron chi connectivity index (χ2n) is 12.4. The average molecular weight is 658 g/mol. The van der Waals surface area contributed by atoms with E-state index in [4.69, 9.17) is 25.7 Å². The van der Waals surface area contributed by atoms with E-state index in [9.17, 15) is 0 Å². The average Bonchev–Trinajstić information content (AvgIpc) is 3.50. The molecule has 7 aromatic rings. The Balaban J connectivity index is 1.48. The first-order chi connectivity index (χ1) is 25.2. The lowest BCUT2D eigenvalue weighted by Crippen LogP contribution is -2.10. The number of rotatable bonds is 8. The molecule has 0 amide bonds. The van der Waals surface area contributed by atoms with Gasteiger partial charge in [-0.15, -0.1) is 0 Å². The van der Waals surface area contributed by atoms with Gasteiger partial charge in [0.25, 0.3) is 0 Å². The third-order valence-corrected chi connectivity index (χ3v) is 8.99. The van der Waals surface area contributed by atoms with Gasteiger partial charge in [-0.25, -0.2) is 15.0 Å². The van der Waals surface area contributed by atoms with Gasteiger partial charge in [0.15, 0.2) is 17.5 Å². The molecule has 2 N–H and O–H groups in total. The third kappa shape index (κ3) is 6.65. The lowest BCUT2D eigenvalue weighted by atomic mass is 9.88. The highest BCUT2D eigenvalue weighted by Crippen LogP contribution is 2.40. The van der Waals surface area contributed by atoms with Gasteiger partial charge in [-0.1, -0.05) is 170 Å². The predicted molar refractivity (Wildman–Crippen MR) is 212 cm³/mol. The van der Waals surface area contributed by atoms with E-state index in [1.54, 1.807) is 0 Å². The molecule has 0 fully saturated rings. The van der Waals surface area contributed by atoms with Crippen LogP contribution in [0.5, 0.6) is 0 Å². The van der Waals surface area contributed by atoms with Gasteiger partial charge in [0.05, 0.1) is 12.3 Å². The number of hydrogen-bond acceptors (Lipinski definition) is 5. The quantitative estimate of drug-likeness (QED) is 0.130. The molecule has 0 aliphatic heterocycles. The molecule has 5 heteroatoms. The third-order valence-electron chi connectivity index (χ3n) is 8.99. The minimum absolute atomic E-state index is 0.469. The molecule has 6 aromatic carbocycles. The van der Waals surface area contributed by atoms with Crippen molar-refractivity contribution < 1.29 is 0 Å². The summed E-state index contributed by atoms with van der Waals surface area (Å²) in [5.41, 5.74) is 13.9. The number of aliphatic imine (C=N–C) groups is 1. The summed E-state index contributed by atoms with van der Waals surface area (Å²) in [5, 5.41) is 4.28. The molecule has 244 valence electrons. The molecule has 0 saturated heterocycles. The van der Waals surface area contributed by atoms with Gasteiger partial charge in [0, 0.05) is 28.0 Å². The Morgan fingerprint density at radius 3 is 1.94 bits per heavy atom. The van der Waals surface area contributed by atoms with Gasteiger partial charge >= 0.3 is 0 Å². The van der Waals surface area contributed by atoms with Crippen LogP contribution in [0.1, 0.15) is 28.9 Å². The molecule has 0 atom stereocenters. The van der Waals surface area contributed by atoms with E-state index >= 15 is 0 Å². The van der Waals surface area contributed by atoms with Crippen LogP contribution in [0.15, 0.2) is 181 Å². The van der Waals surface area contributed by atoms with Gasteiger partial charge in [-0.3, -0.25) is 4.99 Å². The fraction of sp³-hybridized carbons (Fsp3) is 0.0435. The Kier molecular flexibility index (Phi) is 8.91. The van der Waals surface area contributed by atoms with E-state index in [0.29, 0.717) is 29.7 Å². The van der Waals surface area contributed by atoms with Crippen LogP contribution in [0.4, 0.5) is 0 Å². The van der Waals surface area contributed by atoms with Crippen molar-refractivity contribution in [1.82, 2.24) is 15.0 Å². The normalized spacial score (nSPS) is 13.4. The zero-order chi connectivity index (χ0) is 34.4. The Bertz CT molecular complexity index is 2510. The largest absolute Gasteiger partial charge is 0.398 e. The van der Waals surface area contributed by atoms with Crippen LogP contribution in [0.2, 0.25) is 0 Å². The SMILES string of the molecule is N/C(=C\C(=N/Cc1ccccc1)c1c(-c2nc(C3=CC=CCC=C3)nc(-c3ccccc3)n2)c2ccccc2c2ccccc12)c1ccccc1. The molecule has 8 rings (SSSR count). The van der Waals surface area contributed by atoms with Crippen molar-refractivity contribution >= 4 is 38.5 Å². The van der Waals surface area contributed by atoms with E-state index < -0.39 is 0 Å². The fourth-order valence-electron chi connectivity index (χ4n) is 6.52. The first kappa shape index (κ1) is 31.5. The highest BCUT2D eigenvalue weighted by molar-refractivity contribution is 6.28. The van der Waals surface area contributed by atoms with Gasteiger partial charge in [0.1, 0.15) is 0 Å². The fourth-order valence-corrected chi connectivity index (χ4v) is 6.52. The molecular formula is C46H35N5. The molecular weight excluding hydrogens is 623 g/mol. The van der Waals surface area contributed by atoms with Crippen LogP contribution in [0.3, 0.4) is 0 Å². The number of hydrogen-bond donors (Lipinski definition) is 1. The summed E-state index contributed by atoms with van der Waals surface area (Å²) in [6.45, 7) is 0.469. The molecule has 51 heavy (non-hydrogen) atoms. The van der Waals surface area contributed by atoms with E-state index in [1.807, 2.05) is 84.9 Å². The number of fused-ring (bicyclic) bond motifs is 3. The van der Waals surface area contributed by atoms with Gasteiger partial charge < -0.3 is 5.73 Å². The lowest BCUT2D eigenvalue weighted by molar-refractivity contribution is 1.04. The van der Waals surface area contributed by atoms with Gasteiger partial charge in [0.2, 0.25) is 0 Å².